The molecule has 0 unspecified atom stereocenters. The van der Waals surface area contributed by atoms with Crippen LogP contribution >= 0.6 is 0 Å². The van der Waals surface area contributed by atoms with Crippen LogP contribution in [-0.2, 0) is 0 Å². The van der Waals surface area contributed by atoms with Gasteiger partial charge in [0.2, 0.25) is 0 Å². The molecule has 0 saturated heterocycles. The number of pyridine rings is 1. The van der Waals surface area contributed by atoms with Crippen molar-refractivity contribution < 1.29 is 0 Å². The predicted molar refractivity (Wildman–Crippen MR) is 281 cm³/mol. The van der Waals surface area contributed by atoms with Crippen molar-refractivity contribution in [1.82, 2.24) is 9.55 Å². The normalized spacial score (nSPS) is 11.7. The average Bonchev–Trinajstić information content (AvgIpc) is 3.72. The first kappa shape index (κ1) is 37.9. The van der Waals surface area contributed by atoms with Crippen molar-refractivity contribution in [2.75, 3.05) is 0 Å². The average molecular weight is 839 g/mol. The van der Waals surface area contributed by atoms with Gasteiger partial charge in [-0.2, -0.15) is 0 Å². The van der Waals surface area contributed by atoms with E-state index in [1.807, 2.05) is 6.20 Å². The van der Waals surface area contributed by atoms with Crippen molar-refractivity contribution in [3.05, 3.63) is 242 Å². The van der Waals surface area contributed by atoms with Crippen LogP contribution in [0.5, 0.6) is 0 Å². The van der Waals surface area contributed by atoms with Crippen LogP contribution in [0.2, 0.25) is 0 Å². The molecular formula is C64H42N2. The molecule has 0 fully saturated rings. The Labute approximate surface area is 383 Å². The quantitative estimate of drug-likeness (QED) is 0.153. The lowest BCUT2D eigenvalue weighted by Crippen LogP contribution is -1.95. The summed E-state index contributed by atoms with van der Waals surface area (Å²) in [5.74, 6) is 0. The van der Waals surface area contributed by atoms with E-state index >= 15 is 0 Å². The Morgan fingerprint density at radius 3 is 1.61 bits per heavy atom. The number of rotatable bonds is 6. The highest BCUT2D eigenvalue weighted by Crippen LogP contribution is 2.46. The Bertz CT molecular complexity index is 4060. The SMILES string of the molecule is Cc1cc(-c2ccc3c(-c4ccc5ccccc5c4)c4ccccc4c(-c4ccc5ccccc5c4)c3c2)ccc1-c1cccc(-n2c3ccccc3c3c(-c4ccccc4)nccc32)c1. The molecule has 0 saturated carbocycles. The molecule has 0 aliphatic heterocycles. The van der Waals surface area contributed by atoms with Crippen molar-refractivity contribution in [3.63, 3.8) is 0 Å². The maximum absolute atomic E-state index is 4.92. The molecule has 308 valence electrons. The molecule has 13 rings (SSSR count). The Balaban J connectivity index is 0.962. The summed E-state index contributed by atoms with van der Waals surface area (Å²) in [6.07, 6.45) is 1.94. The highest BCUT2D eigenvalue weighted by atomic mass is 15.0. The number of nitrogens with zero attached hydrogens (tertiary/aromatic N) is 2. The fourth-order valence-electron chi connectivity index (χ4n) is 10.7. The third kappa shape index (κ3) is 6.14. The first-order chi connectivity index (χ1) is 32.6. The van der Waals surface area contributed by atoms with E-state index in [0.717, 1.165) is 28.0 Å². The Hall–Kier alpha value is -8.59. The van der Waals surface area contributed by atoms with Crippen LogP contribution in [0.25, 0.3) is 126 Å². The van der Waals surface area contributed by atoms with Crippen molar-refractivity contribution in [1.29, 1.82) is 0 Å². The van der Waals surface area contributed by atoms with E-state index in [4.69, 9.17) is 4.98 Å². The molecule has 0 bridgehead atoms. The molecule has 0 atom stereocenters. The number of aryl methyl sites for hydroxylation is 1. The summed E-state index contributed by atoms with van der Waals surface area (Å²) in [5, 5.41) is 12.3. The van der Waals surface area contributed by atoms with Crippen LogP contribution in [0, 0.1) is 6.92 Å². The molecule has 0 N–H and O–H groups in total. The second-order valence-electron chi connectivity index (χ2n) is 17.5. The summed E-state index contributed by atoms with van der Waals surface area (Å²) in [5.41, 5.74) is 16.6. The molecule has 2 aromatic heterocycles. The molecule has 0 aliphatic rings. The van der Waals surface area contributed by atoms with Gasteiger partial charge in [-0.25, -0.2) is 0 Å². The number of hydrogen-bond donors (Lipinski definition) is 0. The van der Waals surface area contributed by atoms with E-state index < -0.39 is 0 Å². The molecule has 0 aliphatic carbocycles. The van der Waals surface area contributed by atoms with Gasteiger partial charge in [-0.15, -0.1) is 0 Å². The summed E-state index contributed by atoms with van der Waals surface area (Å²) in [7, 11) is 0. The standard InChI is InChI=1S/C64H42N2/c1-41-36-47(30-32-53(41)49-20-13-21-52(39-49)66-59-25-12-11-24-57(59)63-60(66)34-35-65-64(63)44-16-3-2-4-17-44)48-31-33-56-58(40-48)62(51-29-27-43-15-6-8-19-46(43)38-51)55-23-10-9-22-54(55)61(56)50-28-26-42-14-5-7-18-45(42)37-50/h2-40H,1H3. The van der Waals surface area contributed by atoms with Crippen molar-refractivity contribution in [2.45, 2.75) is 6.92 Å². The Kier molecular flexibility index (Phi) is 8.79. The van der Waals surface area contributed by atoms with E-state index in [1.54, 1.807) is 0 Å². The summed E-state index contributed by atoms with van der Waals surface area (Å²) >= 11 is 0. The lowest BCUT2D eigenvalue weighted by molar-refractivity contribution is 1.17. The van der Waals surface area contributed by atoms with E-state index in [2.05, 4.69) is 242 Å². The number of hydrogen-bond acceptors (Lipinski definition) is 1. The van der Waals surface area contributed by atoms with E-state index in [-0.39, 0.29) is 0 Å². The van der Waals surface area contributed by atoms with Crippen LogP contribution in [-0.4, -0.2) is 9.55 Å². The third-order valence-electron chi connectivity index (χ3n) is 13.7. The zero-order valence-corrected chi connectivity index (χ0v) is 36.4. The Morgan fingerprint density at radius 2 is 0.894 bits per heavy atom. The summed E-state index contributed by atoms with van der Waals surface area (Å²) in [6.45, 7) is 2.25. The highest BCUT2D eigenvalue weighted by Gasteiger charge is 2.20. The van der Waals surface area contributed by atoms with Crippen molar-refractivity contribution in [2.24, 2.45) is 0 Å². The lowest BCUT2D eigenvalue weighted by Gasteiger charge is -2.19. The first-order valence-electron chi connectivity index (χ1n) is 22.8. The molecule has 2 heteroatoms. The van der Waals surface area contributed by atoms with Gasteiger partial charge in [0.05, 0.1) is 16.7 Å². The van der Waals surface area contributed by atoms with Gasteiger partial charge in [-0.05, 0) is 143 Å². The van der Waals surface area contributed by atoms with Crippen molar-refractivity contribution >= 4 is 64.9 Å². The minimum atomic E-state index is 1.00. The molecular weight excluding hydrogens is 797 g/mol. The van der Waals surface area contributed by atoms with Crippen LogP contribution in [0.3, 0.4) is 0 Å². The smallest absolute Gasteiger partial charge is 0.0802 e. The minimum Gasteiger partial charge on any atom is -0.309 e. The molecule has 66 heavy (non-hydrogen) atoms. The van der Waals surface area contributed by atoms with Gasteiger partial charge in [0, 0.05) is 28.2 Å². The molecule has 0 spiro atoms. The molecule has 0 radical (unpaired) electrons. The zero-order chi connectivity index (χ0) is 43.7. The van der Waals surface area contributed by atoms with Gasteiger partial charge in [-0.3, -0.25) is 4.98 Å². The van der Waals surface area contributed by atoms with Crippen LogP contribution in [0.15, 0.2) is 237 Å². The van der Waals surface area contributed by atoms with Crippen LogP contribution < -0.4 is 0 Å². The van der Waals surface area contributed by atoms with Gasteiger partial charge in [0.25, 0.3) is 0 Å². The number of aromatic nitrogens is 2. The van der Waals surface area contributed by atoms with Gasteiger partial charge in [0.15, 0.2) is 0 Å². The molecule has 11 aromatic carbocycles. The lowest BCUT2D eigenvalue weighted by atomic mass is 9.84. The number of para-hydroxylation sites is 1. The van der Waals surface area contributed by atoms with E-state index in [0.29, 0.717) is 0 Å². The predicted octanol–water partition coefficient (Wildman–Crippen LogP) is 17.4. The summed E-state index contributed by atoms with van der Waals surface area (Å²) in [6, 6.07) is 84.6. The van der Waals surface area contributed by atoms with Gasteiger partial charge in [0.1, 0.15) is 0 Å². The van der Waals surface area contributed by atoms with E-state index in [1.165, 1.54) is 104 Å². The summed E-state index contributed by atoms with van der Waals surface area (Å²) < 4.78 is 2.39. The molecule has 2 heterocycles. The molecule has 0 amide bonds. The highest BCUT2D eigenvalue weighted by molar-refractivity contribution is 6.23. The van der Waals surface area contributed by atoms with Crippen LogP contribution in [0.4, 0.5) is 0 Å². The monoisotopic (exact) mass is 838 g/mol. The second kappa shape index (κ2) is 15.3. The number of benzene rings is 11. The van der Waals surface area contributed by atoms with Crippen LogP contribution in [0.1, 0.15) is 5.56 Å². The topological polar surface area (TPSA) is 17.8 Å². The van der Waals surface area contributed by atoms with Crippen molar-refractivity contribution in [3.8, 4) is 61.5 Å². The Morgan fingerprint density at radius 1 is 0.333 bits per heavy atom. The first-order valence-corrected chi connectivity index (χ1v) is 22.8. The number of fused-ring (bicyclic) bond motifs is 7. The molecule has 2 nitrogen and oxygen atoms in total. The van der Waals surface area contributed by atoms with Gasteiger partial charge in [-0.1, -0.05) is 188 Å². The fraction of sp³-hybridized carbons (Fsp3) is 0.0156. The zero-order valence-electron chi connectivity index (χ0n) is 36.4. The second-order valence-corrected chi connectivity index (χ2v) is 17.5. The van der Waals surface area contributed by atoms with E-state index in [9.17, 15) is 0 Å². The maximum atomic E-state index is 4.92. The molecule has 13 aromatic rings. The fourth-order valence-corrected chi connectivity index (χ4v) is 10.7. The third-order valence-corrected chi connectivity index (χ3v) is 13.7. The maximum Gasteiger partial charge on any atom is 0.0802 e. The van der Waals surface area contributed by atoms with Gasteiger partial charge < -0.3 is 4.57 Å². The van der Waals surface area contributed by atoms with Gasteiger partial charge >= 0.3 is 0 Å². The summed E-state index contributed by atoms with van der Waals surface area (Å²) in [4.78, 5) is 4.92. The largest absolute Gasteiger partial charge is 0.309 e. The minimum absolute atomic E-state index is 1.00.